The number of benzene rings is 1. The van der Waals surface area contributed by atoms with Crippen LogP contribution < -0.4 is 14.8 Å². The van der Waals surface area contributed by atoms with Crippen LogP contribution in [-0.2, 0) is 11.2 Å². The van der Waals surface area contributed by atoms with Gasteiger partial charge in [-0.05, 0) is 41.8 Å². The minimum atomic E-state index is -0.133. The second kappa shape index (κ2) is 6.19. The van der Waals surface area contributed by atoms with E-state index in [4.69, 9.17) is 9.47 Å². The number of thiophene rings is 1. The van der Waals surface area contributed by atoms with Gasteiger partial charge in [0.2, 0.25) is 12.7 Å². The van der Waals surface area contributed by atoms with Gasteiger partial charge in [-0.1, -0.05) is 0 Å². The summed E-state index contributed by atoms with van der Waals surface area (Å²) in [6.45, 7) is 1.58. The van der Waals surface area contributed by atoms with Crippen molar-refractivity contribution >= 4 is 28.7 Å². The van der Waals surface area contributed by atoms with Gasteiger partial charge in [-0.3, -0.25) is 9.59 Å². The van der Waals surface area contributed by atoms with Gasteiger partial charge in [-0.2, -0.15) is 11.3 Å². The molecule has 5 nitrogen and oxygen atoms in total. The number of aryl methyl sites for hydroxylation is 1. The fourth-order valence-electron chi connectivity index (χ4n) is 2.24. The van der Waals surface area contributed by atoms with Crippen molar-refractivity contribution in [3.8, 4) is 11.5 Å². The molecule has 22 heavy (non-hydrogen) atoms. The molecular formula is C16H15NO4S. The van der Waals surface area contributed by atoms with Gasteiger partial charge in [0.1, 0.15) is 0 Å². The van der Waals surface area contributed by atoms with Crippen LogP contribution in [0.15, 0.2) is 29.0 Å². The number of rotatable bonds is 5. The van der Waals surface area contributed by atoms with E-state index in [1.165, 1.54) is 6.92 Å². The first-order valence-corrected chi connectivity index (χ1v) is 7.83. The molecular weight excluding hydrogens is 302 g/mol. The molecule has 3 rings (SSSR count). The summed E-state index contributed by atoms with van der Waals surface area (Å²) >= 11 is 1.61. The highest BCUT2D eigenvalue weighted by Gasteiger charge is 2.20. The van der Waals surface area contributed by atoms with Crippen molar-refractivity contribution in [1.29, 1.82) is 0 Å². The van der Waals surface area contributed by atoms with Crippen LogP contribution >= 0.6 is 11.3 Å². The number of amides is 1. The van der Waals surface area contributed by atoms with Crippen molar-refractivity contribution in [2.75, 3.05) is 12.1 Å². The van der Waals surface area contributed by atoms with E-state index in [1.807, 2.05) is 16.8 Å². The van der Waals surface area contributed by atoms with E-state index in [0.29, 0.717) is 35.6 Å². The molecule has 0 bridgehead atoms. The molecule has 1 N–H and O–H groups in total. The van der Waals surface area contributed by atoms with Crippen molar-refractivity contribution in [3.05, 3.63) is 40.1 Å². The molecule has 1 aliphatic heterocycles. The maximum atomic E-state index is 12.1. The first-order chi connectivity index (χ1) is 10.6. The summed E-state index contributed by atoms with van der Waals surface area (Å²) < 4.78 is 10.6. The quantitative estimate of drug-likeness (QED) is 0.860. The zero-order valence-corrected chi connectivity index (χ0v) is 12.9. The maximum absolute atomic E-state index is 12.1. The Kier molecular flexibility index (Phi) is 4.11. The van der Waals surface area contributed by atoms with E-state index in [1.54, 1.807) is 23.5 Å². The summed E-state index contributed by atoms with van der Waals surface area (Å²) in [5.74, 6) is 0.804. The first kappa shape index (κ1) is 14.6. The van der Waals surface area contributed by atoms with Gasteiger partial charge < -0.3 is 14.8 Å². The lowest BCUT2D eigenvalue weighted by molar-refractivity contribution is -0.116. The van der Waals surface area contributed by atoms with Crippen LogP contribution in [0.1, 0.15) is 29.3 Å². The van der Waals surface area contributed by atoms with Gasteiger partial charge in [0.05, 0.1) is 5.69 Å². The second-order valence-electron chi connectivity index (χ2n) is 4.99. The number of hydrogen-bond acceptors (Lipinski definition) is 5. The van der Waals surface area contributed by atoms with Crippen LogP contribution in [-0.4, -0.2) is 18.5 Å². The SMILES string of the molecule is CC(=O)c1cc2c(cc1NC(=O)CCc1ccsc1)OCO2. The number of carbonyl (C=O) groups excluding carboxylic acids is 2. The fraction of sp³-hybridized carbons (Fsp3) is 0.250. The molecule has 1 aromatic heterocycles. The van der Waals surface area contributed by atoms with E-state index < -0.39 is 0 Å². The van der Waals surface area contributed by atoms with E-state index in [2.05, 4.69) is 5.32 Å². The van der Waals surface area contributed by atoms with Crippen LogP contribution in [0.5, 0.6) is 11.5 Å². The topological polar surface area (TPSA) is 64.6 Å². The number of fused-ring (bicyclic) bond motifs is 1. The number of carbonyl (C=O) groups is 2. The Morgan fingerprint density at radius 3 is 2.73 bits per heavy atom. The van der Waals surface area contributed by atoms with Crippen molar-refractivity contribution in [1.82, 2.24) is 0 Å². The molecule has 1 aliphatic rings. The molecule has 1 amide bonds. The van der Waals surface area contributed by atoms with Gasteiger partial charge in [-0.15, -0.1) is 0 Å². The Morgan fingerprint density at radius 1 is 1.27 bits per heavy atom. The molecule has 0 saturated heterocycles. The van der Waals surface area contributed by atoms with Crippen LogP contribution in [0.3, 0.4) is 0 Å². The fourth-order valence-corrected chi connectivity index (χ4v) is 2.95. The van der Waals surface area contributed by atoms with Gasteiger partial charge in [0.15, 0.2) is 17.3 Å². The molecule has 2 heterocycles. The lowest BCUT2D eigenvalue weighted by atomic mass is 10.1. The minimum Gasteiger partial charge on any atom is -0.454 e. The maximum Gasteiger partial charge on any atom is 0.231 e. The minimum absolute atomic E-state index is 0.127. The Bertz CT molecular complexity index is 709. The normalized spacial score (nSPS) is 12.2. The second-order valence-corrected chi connectivity index (χ2v) is 5.77. The average molecular weight is 317 g/mol. The summed E-state index contributed by atoms with van der Waals surface area (Å²) in [5, 5.41) is 6.80. The molecule has 2 aromatic rings. The molecule has 0 fully saturated rings. The van der Waals surface area contributed by atoms with E-state index >= 15 is 0 Å². The first-order valence-electron chi connectivity index (χ1n) is 6.89. The smallest absolute Gasteiger partial charge is 0.231 e. The highest BCUT2D eigenvalue weighted by atomic mass is 32.1. The van der Waals surface area contributed by atoms with Gasteiger partial charge in [0, 0.05) is 18.1 Å². The molecule has 0 saturated carbocycles. The summed E-state index contributed by atoms with van der Waals surface area (Å²) in [6.07, 6.45) is 1.04. The molecule has 114 valence electrons. The van der Waals surface area contributed by atoms with Crippen molar-refractivity contribution in [2.24, 2.45) is 0 Å². The van der Waals surface area contributed by atoms with Crippen molar-refractivity contribution in [3.63, 3.8) is 0 Å². The van der Waals surface area contributed by atoms with Crippen molar-refractivity contribution < 1.29 is 19.1 Å². The Balaban J connectivity index is 1.73. The molecule has 0 unspecified atom stereocenters. The summed E-state index contributed by atoms with van der Waals surface area (Å²) in [5.41, 5.74) is 2.03. The molecule has 0 aliphatic carbocycles. The van der Waals surface area contributed by atoms with E-state index in [-0.39, 0.29) is 18.5 Å². The average Bonchev–Trinajstić information content (AvgIpc) is 3.15. The van der Waals surface area contributed by atoms with Crippen LogP contribution in [0.4, 0.5) is 5.69 Å². The summed E-state index contributed by atoms with van der Waals surface area (Å²) in [6, 6.07) is 5.25. The predicted molar refractivity (Wildman–Crippen MR) is 83.8 cm³/mol. The van der Waals surface area contributed by atoms with Crippen LogP contribution in [0, 0.1) is 0 Å². The standard InChI is InChI=1S/C16H15NO4S/c1-10(18)12-6-14-15(21-9-20-14)7-13(12)17-16(19)3-2-11-4-5-22-8-11/h4-8H,2-3,9H2,1H3,(H,17,19). The van der Waals surface area contributed by atoms with E-state index in [0.717, 1.165) is 5.56 Å². The van der Waals surface area contributed by atoms with Crippen molar-refractivity contribution in [2.45, 2.75) is 19.8 Å². The summed E-state index contributed by atoms with van der Waals surface area (Å²) in [7, 11) is 0. The van der Waals surface area contributed by atoms with E-state index in [9.17, 15) is 9.59 Å². The molecule has 0 spiro atoms. The van der Waals surface area contributed by atoms with Gasteiger partial charge in [-0.25, -0.2) is 0 Å². The van der Waals surface area contributed by atoms with Gasteiger partial charge in [0.25, 0.3) is 0 Å². The Hall–Kier alpha value is -2.34. The lowest BCUT2D eigenvalue weighted by Gasteiger charge is -2.10. The highest BCUT2D eigenvalue weighted by molar-refractivity contribution is 7.07. The Labute approximate surface area is 131 Å². The monoisotopic (exact) mass is 317 g/mol. The third kappa shape index (κ3) is 3.12. The number of ether oxygens (including phenoxy) is 2. The lowest BCUT2D eigenvalue weighted by Crippen LogP contribution is -2.14. The number of ketones is 1. The predicted octanol–water partition coefficient (Wildman–Crippen LogP) is 3.25. The number of anilines is 1. The Morgan fingerprint density at radius 2 is 2.05 bits per heavy atom. The molecule has 0 atom stereocenters. The zero-order valence-electron chi connectivity index (χ0n) is 12.0. The number of nitrogens with one attached hydrogen (secondary N) is 1. The number of Topliss-reactive ketones (excluding diaryl/α,β-unsaturated/α-hetero) is 1. The summed E-state index contributed by atoms with van der Waals surface area (Å²) in [4.78, 5) is 23.8. The molecule has 6 heteroatoms. The molecule has 0 radical (unpaired) electrons. The van der Waals surface area contributed by atoms with Gasteiger partial charge >= 0.3 is 0 Å². The van der Waals surface area contributed by atoms with Crippen LogP contribution in [0.25, 0.3) is 0 Å². The number of hydrogen-bond donors (Lipinski definition) is 1. The third-order valence-electron chi connectivity index (χ3n) is 3.39. The van der Waals surface area contributed by atoms with Crippen LogP contribution in [0.2, 0.25) is 0 Å². The highest BCUT2D eigenvalue weighted by Crippen LogP contribution is 2.37. The zero-order chi connectivity index (χ0) is 15.5. The third-order valence-corrected chi connectivity index (χ3v) is 4.12. The largest absolute Gasteiger partial charge is 0.454 e. The molecule has 1 aromatic carbocycles.